The Bertz CT molecular complexity index is 347. The predicted molar refractivity (Wildman–Crippen MR) is 60.2 cm³/mol. The molecule has 90 valence electrons. The van der Waals surface area contributed by atoms with Gasteiger partial charge in [-0.1, -0.05) is 20.8 Å². The quantitative estimate of drug-likeness (QED) is 0.779. The van der Waals surface area contributed by atoms with Crippen molar-refractivity contribution in [3.63, 3.8) is 0 Å². The average molecular weight is 225 g/mol. The molecule has 1 N–H and O–H groups in total. The highest BCUT2D eigenvalue weighted by Crippen LogP contribution is 2.27. The number of ether oxygens (including phenoxy) is 1. The fourth-order valence-corrected chi connectivity index (χ4v) is 1.81. The first-order valence-electron chi connectivity index (χ1n) is 5.59. The summed E-state index contributed by atoms with van der Waals surface area (Å²) in [6.07, 6.45) is 1.93. The van der Waals surface area contributed by atoms with Crippen LogP contribution in [0.4, 0.5) is 0 Å². The van der Waals surface area contributed by atoms with Crippen LogP contribution in [0.5, 0.6) is 0 Å². The van der Waals surface area contributed by atoms with Gasteiger partial charge in [0.1, 0.15) is 5.69 Å². The molecule has 1 heterocycles. The molecule has 0 bridgehead atoms. The van der Waals surface area contributed by atoms with E-state index in [1.54, 1.807) is 0 Å². The van der Waals surface area contributed by atoms with Crippen molar-refractivity contribution in [1.29, 1.82) is 0 Å². The number of aromatic amines is 1. The summed E-state index contributed by atoms with van der Waals surface area (Å²) >= 11 is 0. The normalized spacial score (nSPS) is 12.8. The maximum atomic E-state index is 11.5. The third-order valence-corrected chi connectivity index (χ3v) is 2.59. The maximum Gasteiger partial charge on any atom is 0.360 e. The second-order valence-corrected chi connectivity index (χ2v) is 4.28. The second-order valence-electron chi connectivity index (χ2n) is 4.28. The molecule has 1 rings (SSSR count). The number of hydrogen-bond acceptors (Lipinski definition) is 4. The lowest BCUT2D eigenvalue weighted by Crippen LogP contribution is -2.10. The van der Waals surface area contributed by atoms with Crippen LogP contribution in [0.15, 0.2) is 0 Å². The van der Waals surface area contributed by atoms with Crippen LogP contribution in [0.3, 0.4) is 0 Å². The monoisotopic (exact) mass is 225 g/mol. The first kappa shape index (κ1) is 12.7. The Morgan fingerprint density at radius 1 is 1.44 bits per heavy atom. The number of rotatable bonds is 5. The van der Waals surface area contributed by atoms with Crippen molar-refractivity contribution < 1.29 is 9.53 Å². The molecule has 0 spiro atoms. The Morgan fingerprint density at radius 3 is 2.62 bits per heavy atom. The molecule has 0 saturated carbocycles. The molecule has 0 radical (unpaired) electrons. The molecular formula is C11H19N3O2. The lowest BCUT2D eigenvalue weighted by atomic mass is 9.91. The van der Waals surface area contributed by atoms with Crippen LogP contribution in [0.2, 0.25) is 0 Å². The molecule has 5 nitrogen and oxygen atoms in total. The first-order chi connectivity index (χ1) is 7.60. The highest BCUT2D eigenvalue weighted by Gasteiger charge is 2.23. The number of methoxy groups -OCH3 is 1. The minimum atomic E-state index is -0.425. The zero-order chi connectivity index (χ0) is 12.1. The Balaban J connectivity index is 2.92. The zero-order valence-electron chi connectivity index (χ0n) is 10.3. The number of nitrogens with one attached hydrogen (secondary N) is 1. The molecule has 1 unspecified atom stereocenters. The van der Waals surface area contributed by atoms with Crippen LogP contribution in [0.25, 0.3) is 0 Å². The third kappa shape index (κ3) is 2.81. The van der Waals surface area contributed by atoms with Crippen LogP contribution in [-0.2, 0) is 4.74 Å². The summed E-state index contributed by atoms with van der Waals surface area (Å²) in [6.45, 7) is 6.39. The van der Waals surface area contributed by atoms with Crippen molar-refractivity contribution in [2.75, 3.05) is 7.11 Å². The Kier molecular flexibility index (Phi) is 4.46. The zero-order valence-corrected chi connectivity index (χ0v) is 10.3. The van der Waals surface area contributed by atoms with Gasteiger partial charge in [-0.2, -0.15) is 10.3 Å². The van der Waals surface area contributed by atoms with Gasteiger partial charge in [-0.25, -0.2) is 4.79 Å². The topological polar surface area (TPSA) is 67.9 Å². The number of hydrogen-bond donors (Lipinski definition) is 1. The molecule has 5 heteroatoms. The number of H-pyrrole nitrogens is 1. The molecule has 1 atom stereocenters. The number of esters is 1. The Labute approximate surface area is 95.6 Å². The van der Waals surface area contributed by atoms with Crippen LogP contribution < -0.4 is 0 Å². The van der Waals surface area contributed by atoms with E-state index in [0.29, 0.717) is 11.6 Å². The van der Waals surface area contributed by atoms with Gasteiger partial charge >= 0.3 is 5.97 Å². The Morgan fingerprint density at radius 2 is 2.12 bits per heavy atom. The van der Waals surface area contributed by atoms with Gasteiger partial charge in [0.25, 0.3) is 0 Å². The third-order valence-electron chi connectivity index (χ3n) is 2.59. The number of nitrogens with zero attached hydrogens (tertiary/aromatic N) is 2. The molecule has 0 aliphatic heterocycles. The molecule has 16 heavy (non-hydrogen) atoms. The van der Waals surface area contributed by atoms with Gasteiger partial charge in [-0.05, 0) is 18.8 Å². The number of aromatic nitrogens is 3. The van der Waals surface area contributed by atoms with E-state index in [0.717, 1.165) is 18.5 Å². The summed E-state index contributed by atoms with van der Waals surface area (Å²) in [4.78, 5) is 11.5. The van der Waals surface area contributed by atoms with E-state index in [2.05, 4.69) is 40.9 Å². The molecule has 0 aliphatic rings. The lowest BCUT2D eigenvalue weighted by molar-refractivity contribution is 0.0591. The minimum Gasteiger partial charge on any atom is -0.464 e. The van der Waals surface area contributed by atoms with Crippen molar-refractivity contribution in [3.8, 4) is 0 Å². The number of carbonyl (C=O) groups excluding carboxylic acids is 1. The van der Waals surface area contributed by atoms with Crippen LogP contribution in [0.1, 0.15) is 55.7 Å². The van der Waals surface area contributed by atoms with E-state index in [1.807, 2.05) is 0 Å². The van der Waals surface area contributed by atoms with Gasteiger partial charge < -0.3 is 4.74 Å². The van der Waals surface area contributed by atoms with Crippen molar-refractivity contribution in [2.24, 2.45) is 5.92 Å². The maximum absolute atomic E-state index is 11.5. The molecule has 0 saturated heterocycles. The minimum absolute atomic E-state index is 0.257. The van der Waals surface area contributed by atoms with E-state index in [9.17, 15) is 4.79 Å². The van der Waals surface area contributed by atoms with Gasteiger partial charge in [0.05, 0.1) is 7.11 Å². The summed E-state index contributed by atoms with van der Waals surface area (Å²) < 4.78 is 4.67. The summed E-state index contributed by atoms with van der Waals surface area (Å²) in [6, 6.07) is 0. The smallest absolute Gasteiger partial charge is 0.360 e. The van der Waals surface area contributed by atoms with E-state index in [4.69, 9.17) is 0 Å². The average Bonchev–Trinajstić information content (AvgIpc) is 2.73. The lowest BCUT2D eigenvalue weighted by Gasteiger charge is -2.15. The SMILES string of the molecule is CCC(CC(C)C)c1n[nH]nc1C(=O)OC. The van der Waals surface area contributed by atoms with Crippen molar-refractivity contribution in [3.05, 3.63) is 11.4 Å². The molecule has 1 aromatic heterocycles. The number of carbonyl (C=O) groups is 1. The van der Waals surface area contributed by atoms with E-state index >= 15 is 0 Å². The summed E-state index contributed by atoms with van der Waals surface area (Å²) in [7, 11) is 1.35. The van der Waals surface area contributed by atoms with E-state index < -0.39 is 5.97 Å². The van der Waals surface area contributed by atoms with Crippen molar-refractivity contribution in [1.82, 2.24) is 15.4 Å². The standard InChI is InChI=1S/C11H19N3O2/c1-5-8(6-7(2)3)9-10(11(15)16-4)13-14-12-9/h7-8H,5-6H2,1-4H3,(H,12,13,14). The second kappa shape index (κ2) is 5.63. The Hall–Kier alpha value is -1.39. The molecule has 0 fully saturated rings. The van der Waals surface area contributed by atoms with Gasteiger partial charge in [-0.3, -0.25) is 0 Å². The van der Waals surface area contributed by atoms with Gasteiger partial charge in [-0.15, -0.1) is 5.10 Å². The first-order valence-corrected chi connectivity index (χ1v) is 5.59. The van der Waals surface area contributed by atoms with Gasteiger partial charge in [0.15, 0.2) is 5.69 Å². The molecule has 0 aromatic carbocycles. The summed E-state index contributed by atoms with van der Waals surface area (Å²) in [5.74, 6) is 0.394. The summed E-state index contributed by atoms with van der Waals surface area (Å²) in [5.41, 5.74) is 1.04. The fourth-order valence-electron chi connectivity index (χ4n) is 1.81. The molecular weight excluding hydrogens is 206 g/mol. The predicted octanol–water partition coefficient (Wildman–Crippen LogP) is 2.13. The highest BCUT2D eigenvalue weighted by molar-refractivity contribution is 5.88. The summed E-state index contributed by atoms with van der Waals surface area (Å²) in [5, 5.41) is 10.4. The molecule has 0 aliphatic carbocycles. The van der Waals surface area contributed by atoms with Crippen molar-refractivity contribution >= 4 is 5.97 Å². The van der Waals surface area contributed by atoms with Crippen LogP contribution in [0, 0.1) is 5.92 Å². The molecule has 1 aromatic rings. The van der Waals surface area contributed by atoms with Gasteiger partial charge in [0.2, 0.25) is 0 Å². The molecule has 0 amide bonds. The van der Waals surface area contributed by atoms with E-state index in [1.165, 1.54) is 7.11 Å². The van der Waals surface area contributed by atoms with Crippen LogP contribution in [-0.4, -0.2) is 28.5 Å². The van der Waals surface area contributed by atoms with Gasteiger partial charge in [0, 0.05) is 5.92 Å². The van der Waals surface area contributed by atoms with Crippen molar-refractivity contribution in [2.45, 2.75) is 39.5 Å². The van der Waals surface area contributed by atoms with Crippen LogP contribution >= 0.6 is 0 Å². The largest absolute Gasteiger partial charge is 0.464 e. The highest BCUT2D eigenvalue weighted by atomic mass is 16.5. The fraction of sp³-hybridized carbons (Fsp3) is 0.727. The van der Waals surface area contributed by atoms with E-state index in [-0.39, 0.29) is 5.92 Å².